The summed E-state index contributed by atoms with van der Waals surface area (Å²) in [5, 5.41) is 2.98. The van der Waals surface area contributed by atoms with Crippen LogP contribution in [0.3, 0.4) is 0 Å². The van der Waals surface area contributed by atoms with E-state index in [9.17, 15) is 13.2 Å². The molecule has 1 aliphatic carbocycles. The minimum absolute atomic E-state index is 0.0371. The molecule has 0 radical (unpaired) electrons. The van der Waals surface area contributed by atoms with Crippen molar-refractivity contribution in [3.63, 3.8) is 0 Å². The molecule has 3 nitrogen and oxygen atoms in total. The molecular weight excluding hydrogens is 287 g/mol. The fraction of sp³-hybridized carbons (Fsp3) is 0.538. The number of nitrogens with one attached hydrogen (secondary N) is 1. The lowest BCUT2D eigenvalue weighted by molar-refractivity contribution is -0.141. The topological polar surface area (TPSA) is 50.9 Å². The zero-order chi connectivity index (χ0) is 15.0. The number of hydrogen-bond acceptors (Lipinski definition) is 3. The highest BCUT2D eigenvalue weighted by molar-refractivity contribution is 7.80. The number of pyridine rings is 1. The van der Waals surface area contributed by atoms with Crippen molar-refractivity contribution in [2.24, 2.45) is 11.1 Å². The van der Waals surface area contributed by atoms with Crippen LogP contribution in [0, 0.1) is 5.41 Å². The van der Waals surface area contributed by atoms with Gasteiger partial charge < -0.3 is 11.1 Å². The van der Waals surface area contributed by atoms with E-state index in [1.165, 1.54) is 6.07 Å². The molecule has 1 heterocycles. The lowest BCUT2D eigenvalue weighted by Gasteiger charge is -2.17. The number of thiocarbonyl (C=S) groups is 1. The Morgan fingerprint density at radius 1 is 1.45 bits per heavy atom. The summed E-state index contributed by atoms with van der Waals surface area (Å²) in [5.41, 5.74) is 5.12. The summed E-state index contributed by atoms with van der Waals surface area (Å²) in [4.78, 5) is 3.66. The van der Waals surface area contributed by atoms with Crippen LogP contribution in [0.2, 0.25) is 0 Å². The van der Waals surface area contributed by atoms with Crippen LogP contribution in [0.15, 0.2) is 12.1 Å². The highest BCUT2D eigenvalue weighted by atomic mass is 32.1. The van der Waals surface area contributed by atoms with Gasteiger partial charge >= 0.3 is 6.18 Å². The first-order valence-electron chi connectivity index (χ1n) is 6.39. The van der Waals surface area contributed by atoms with Crippen LogP contribution in [-0.4, -0.2) is 16.5 Å². The number of halogens is 3. The summed E-state index contributed by atoms with van der Waals surface area (Å²) in [7, 11) is 0. The van der Waals surface area contributed by atoms with Crippen molar-refractivity contribution < 1.29 is 13.2 Å². The number of hydrogen-bond donors (Lipinski definition) is 2. The number of aromatic nitrogens is 1. The molecule has 0 spiro atoms. The number of alkyl halides is 3. The van der Waals surface area contributed by atoms with E-state index in [2.05, 4.69) is 17.2 Å². The second-order valence-corrected chi connectivity index (χ2v) is 5.60. The predicted octanol–water partition coefficient (Wildman–Crippen LogP) is 3.34. The van der Waals surface area contributed by atoms with Crippen molar-refractivity contribution in [2.45, 2.75) is 32.4 Å². The molecule has 110 valence electrons. The first kappa shape index (κ1) is 15.0. The molecule has 0 aliphatic heterocycles. The van der Waals surface area contributed by atoms with E-state index in [-0.39, 0.29) is 16.2 Å². The van der Waals surface area contributed by atoms with Gasteiger partial charge in [-0.3, -0.25) is 0 Å². The molecule has 2 rings (SSSR count). The van der Waals surface area contributed by atoms with Crippen LogP contribution in [0.25, 0.3) is 0 Å². The molecule has 0 atom stereocenters. The van der Waals surface area contributed by atoms with Crippen molar-refractivity contribution >= 4 is 23.0 Å². The quantitative estimate of drug-likeness (QED) is 0.819. The van der Waals surface area contributed by atoms with Gasteiger partial charge in [-0.1, -0.05) is 19.1 Å². The first-order valence-corrected chi connectivity index (χ1v) is 6.80. The van der Waals surface area contributed by atoms with Crippen molar-refractivity contribution in [2.75, 3.05) is 11.9 Å². The number of nitrogens with two attached hydrogens (primary N) is 1. The molecule has 1 saturated carbocycles. The second-order valence-electron chi connectivity index (χ2n) is 5.16. The van der Waals surface area contributed by atoms with Gasteiger partial charge in [0, 0.05) is 6.54 Å². The van der Waals surface area contributed by atoms with E-state index >= 15 is 0 Å². The van der Waals surface area contributed by atoms with Gasteiger partial charge in [0.15, 0.2) is 0 Å². The fourth-order valence-corrected chi connectivity index (χ4v) is 2.22. The Morgan fingerprint density at radius 2 is 2.10 bits per heavy atom. The van der Waals surface area contributed by atoms with Crippen LogP contribution in [0.5, 0.6) is 0 Å². The Labute approximate surface area is 120 Å². The van der Waals surface area contributed by atoms with Crippen LogP contribution in [0.4, 0.5) is 19.0 Å². The van der Waals surface area contributed by atoms with Crippen molar-refractivity contribution in [3.8, 4) is 0 Å². The van der Waals surface area contributed by atoms with Gasteiger partial charge in [-0.2, -0.15) is 13.2 Å². The van der Waals surface area contributed by atoms with Crippen molar-refractivity contribution in [1.29, 1.82) is 0 Å². The highest BCUT2D eigenvalue weighted by Crippen LogP contribution is 2.48. The molecule has 0 unspecified atom stereocenters. The van der Waals surface area contributed by atoms with Gasteiger partial charge in [0.2, 0.25) is 0 Å². The Balaban J connectivity index is 2.25. The molecule has 3 N–H and O–H groups in total. The number of nitrogens with zero attached hydrogens (tertiary/aromatic N) is 1. The smallest absolute Gasteiger partial charge is 0.389 e. The molecule has 0 saturated heterocycles. The maximum Gasteiger partial charge on any atom is 0.433 e. The predicted molar refractivity (Wildman–Crippen MR) is 75.6 cm³/mol. The molecular formula is C13H16F3N3S. The van der Waals surface area contributed by atoms with Crippen molar-refractivity contribution in [3.05, 3.63) is 23.4 Å². The molecule has 0 amide bonds. The minimum atomic E-state index is -4.48. The van der Waals surface area contributed by atoms with Crippen LogP contribution < -0.4 is 11.1 Å². The summed E-state index contributed by atoms with van der Waals surface area (Å²) in [6, 6.07) is 2.17. The second kappa shape index (κ2) is 5.20. The molecule has 1 fully saturated rings. The summed E-state index contributed by atoms with van der Waals surface area (Å²) in [5.74, 6) is 0.118. The van der Waals surface area contributed by atoms with E-state index in [0.29, 0.717) is 12.1 Å². The highest BCUT2D eigenvalue weighted by Gasteiger charge is 2.40. The van der Waals surface area contributed by atoms with Crippen LogP contribution in [-0.2, 0) is 6.18 Å². The summed E-state index contributed by atoms with van der Waals surface area (Å²) in [6.45, 7) is 2.66. The summed E-state index contributed by atoms with van der Waals surface area (Å²) >= 11 is 4.85. The van der Waals surface area contributed by atoms with Gasteiger partial charge in [0.1, 0.15) is 16.5 Å². The van der Waals surface area contributed by atoms with Crippen LogP contribution >= 0.6 is 12.2 Å². The molecule has 1 aromatic heterocycles. The number of anilines is 1. The fourth-order valence-electron chi connectivity index (χ4n) is 2.05. The zero-order valence-corrected chi connectivity index (χ0v) is 11.9. The maximum absolute atomic E-state index is 12.7. The molecule has 20 heavy (non-hydrogen) atoms. The van der Waals surface area contributed by atoms with E-state index in [1.807, 2.05) is 0 Å². The normalized spacial score (nSPS) is 16.8. The molecule has 1 aromatic rings. The molecule has 7 heteroatoms. The van der Waals surface area contributed by atoms with Crippen LogP contribution in [0.1, 0.15) is 37.4 Å². The third-order valence-corrected chi connectivity index (χ3v) is 4.01. The average molecular weight is 303 g/mol. The summed E-state index contributed by atoms with van der Waals surface area (Å²) in [6.07, 6.45) is -1.33. The Morgan fingerprint density at radius 3 is 2.55 bits per heavy atom. The monoisotopic (exact) mass is 303 g/mol. The van der Waals surface area contributed by atoms with Gasteiger partial charge in [-0.25, -0.2) is 4.98 Å². The van der Waals surface area contributed by atoms with Gasteiger partial charge in [0.05, 0.1) is 5.56 Å². The van der Waals surface area contributed by atoms with E-state index in [1.54, 1.807) is 0 Å². The van der Waals surface area contributed by atoms with Gasteiger partial charge in [0.25, 0.3) is 0 Å². The molecule has 1 aliphatic rings. The first-order chi connectivity index (χ1) is 9.27. The largest absolute Gasteiger partial charge is 0.433 e. The molecule has 0 aromatic carbocycles. The van der Waals surface area contributed by atoms with Crippen molar-refractivity contribution in [1.82, 2.24) is 4.98 Å². The Hall–Kier alpha value is -1.37. The van der Waals surface area contributed by atoms with E-state index < -0.39 is 11.9 Å². The van der Waals surface area contributed by atoms with Gasteiger partial charge in [-0.15, -0.1) is 0 Å². The van der Waals surface area contributed by atoms with Gasteiger partial charge in [-0.05, 0) is 36.8 Å². The Kier molecular flexibility index (Phi) is 3.90. The summed E-state index contributed by atoms with van der Waals surface area (Å²) < 4.78 is 38.1. The SMILES string of the molecule is CCC1(CNc2nc(C(F)(F)F)ccc2C(N)=S)CC1. The standard InChI is InChI=1S/C13H16F3N3S/c1-2-12(5-6-12)7-18-11-8(10(17)20)3-4-9(19-11)13(14,15)16/h3-4H,2,5-7H2,1H3,(H2,17,20)(H,18,19). The van der Waals surface area contributed by atoms with E-state index in [0.717, 1.165) is 25.3 Å². The number of rotatable bonds is 5. The third-order valence-electron chi connectivity index (χ3n) is 3.79. The maximum atomic E-state index is 12.7. The third kappa shape index (κ3) is 3.20. The zero-order valence-electron chi connectivity index (χ0n) is 11.0. The lowest BCUT2D eigenvalue weighted by atomic mass is 10.0. The lowest BCUT2D eigenvalue weighted by Crippen LogP contribution is -2.21. The average Bonchev–Trinajstić information content (AvgIpc) is 3.15. The molecule has 0 bridgehead atoms. The minimum Gasteiger partial charge on any atom is -0.389 e. The van der Waals surface area contributed by atoms with E-state index in [4.69, 9.17) is 18.0 Å². The Bertz CT molecular complexity index is 524.